The molecule has 4 nitrogen and oxygen atoms in total. The molecule has 21 heavy (non-hydrogen) atoms. The summed E-state index contributed by atoms with van der Waals surface area (Å²) < 4.78 is 27.6. The summed E-state index contributed by atoms with van der Waals surface area (Å²) >= 11 is 0. The number of rotatable bonds is 4. The van der Waals surface area contributed by atoms with Crippen molar-refractivity contribution < 1.29 is 8.42 Å². The number of hydrogen-bond donors (Lipinski definition) is 2. The predicted octanol–water partition coefficient (Wildman–Crippen LogP) is 2.68. The van der Waals surface area contributed by atoms with Gasteiger partial charge in [-0.3, -0.25) is 0 Å². The van der Waals surface area contributed by atoms with Crippen LogP contribution in [0.2, 0.25) is 0 Å². The van der Waals surface area contributed by atoms with E-state index in [1.807, 2.05) is 6.07 Å². The Morgan fingerprint density at radius 1 is 1.29 bits per heavy atom. The zero-order chi connectivity index (χ0) is 14.7. The third kappa shape index (κ3) is 3.47. The second kappa shape index (κ2) is 6.20. The molecule has 1 aromatic carbocycles. The molecule has 3 rings (SSSR count). The molecule has 2 N–H and O–H groups in total. The first-order valence-electron chi connectivity index (χ1n) is 7.66. The SMILES string of the molecule is O=S(=O)(NCC1CC=CCC1)c1ccc2c(c1)NCCC2. The second-order valence-electron chi connectivity index (χ2n) is 5.85. The highest BCUT2D eigenvalue weighted by molar-refractivity contribution is 7.89. The van der Waals surface area contributed by atoms with Gasteiger partial charge in [0.2, 0.25) is 10.0 Å². The summed E-state index contributed by atoms with van der Waals surface area (Å²) in [6.45, 7) is 1.44. The fraction of sp³-hybridized carbons (Fsp3) is 0.500. The van der Waals surface area contributed by atoms with Gasteiger partial charge in [0.05, 0.1) is 4.90 Å². The first kappa shape index (κ1) is 14.6. The first-order chi connectivity index (χ1) is 10.1. The molecular formula is C16H22N2O2S. The van der Waals surface area contributed by atoms with E-state index in [1.54, 1.807) is 12.1 Å². The largest absolute Gasteiger partial charge is 0.385 e. The van der Waals surface area contributed by atoms with Crippen LogP contribution in [0, 0.1) is 5.92 Å². The summed E-state index contributed by atoms with van der Waals surface area (Å²) in [4.78, 5) is 0.363. The van der Waals surface area contributed by atoms with Crippen molar-refractivity contribution in [3.63, 3.8) is 0 Å². The van der Waals surface area contributed by atoms with Crippen molar-refractivity contribution in [2.75, 3.05) is 18.4 Å². The van der Waals surface area contributed by atoms with E-state index in [9.17, 15) is 8.42 Å². The summed E-state index contributed by atoms with van der Waals surface area (Å²) in [7, 11) is -3.41. The Bertz CT molecular complexity index is 638. The van der Waals surface area contributed by atoms with Crippen molar-refractivity contribution in [2.45, 2.75) is 37.0 Å². The van der Waals surface area contributed by atoms with E-state index in [0.717, 1.165) is 44.3 Å². The van der Waals surface area contributed by atoms with Crippen molar-refractivity contribution in [1.29, 1.82) is 0 Å². The number of benzene rings is 1. The molecule has 0 radical (unpaired) electrons. The van der Waals surface area contributed by atoms with Crippen LogP contribution in [0.25, 0.3) is 0 Å². The maximum atomic E-state index is 12.4. The number of nitrogens with one attached hydrogen (secondary N) is 2. The predicted molar refractivity (Wildman–Crippen MR) is 84.9 cm³/mol. The number of hydrogen-bond acceptors (Lipinski definition) is 3. The maximum Gasteiger partial charge on any atom is 0.240 e. The lowest BCUT2D eigenvalue weighted by Crippen LogP contribution is -2.30. The smallest absolute Gasteiger partial charge is 0.240 e. The monoisotopic (exact) mass is 306 g/mol. The molecule has 1 aromatic rings. The Morgan fingerprint density at radius 2 is 2.19 bits per heavy atom. The van der Waals surface area contributed by atoms with E-state index in [1.165, 1.54) is 5.56 Å². The average molecular weight is 306 g/mol. The van der Waals surface area contributed by atoms with Crippen LogP contribution in [0.1, 0.15) is 31.2 Å². The molecule has 1 atom stereocenters. The normalized spacial score (nSPS) is 21.6. The van der Waals surface area contributed by atoms with Gasteiger partial charge in [-0.1, -0.05) is 18.2 Å². The minimum atomic E-state index is -3.41. The Balaban J connectivity index is 1.70. The third-order valence-electron chi connectivity index (χ3n) is 4.27. The summed E-state index contributed by atoms with van der Waals surface area (Å²) in [5, 5.41) is 3.28. The molecule has 0 saturated carbocycles. The lowest BCUT2D eigenvalue weighted by Gasteiger charge is -2.20. The summed E-state index contributed by atoms with van der Waals surface area (Å²) in [6.07, 6.45) is 9.51. The number of fused-ring (bicyclic) bond motifs is 1. The zero-order valence-corrected chi connectivity index (χ0v) is 13.0. The van der Waals surface area contributed by atoms with Gasteiger partial charge in [-0.05, 0) is 55.7 Å². The van der Waals surface area contributed by atoms with E-state index in [0.29, 0.717) is 17.4 Å². The molecule has 1 aliphatic carbocycles. The van der Waals surface area contributed by atoms with Crippen LogP contribution >= 0.6 is 0 Å². The summed E-state index contributed by atoms with van der Waals surface area (Å²) in [5.74, 6) is 0.417. The van der Waals surface area contributed by atoms with Gasteiger partial charge >= 0.3 is 0 Å². The molecule has 0 saturated heterocycles. The molecule has 2 aliphatic rings. The Labute approximate surface area is 126 Å². The number of anilines is 1. The average Bonchev–Trinajstić information content (AvgIpc) is 2.53. The maximum absolute atomic E-state index is 12.4. The van der Waals surface area contributed by atoms with Gasteiger partial charge in [0.15, 0.2) is 0 Å². The Morgan fingerprint density at radius 3 is 3.00 bits per heavy atom. The van der Waals surface area contributed by atoms with Crippen LogP contribution in [0.15, 0.2) is 35.2 Å². The van der Waals surface area contributed by atoms with Crippen molar-refractivity contribution in [3.05, 3.63) is 35.9 Å². The van der Waals surface area contributed by atoms with Crippen LogP contribution in [0.5, 0.6) is 0 Å². The number of aryl methyl sites for hydroxylation is 1. The van der Waals surface area contributed by atoms with E-state index < -0.39 is 10.0 Å². The summed E-state index contributed by atoms with van der Waals surface area (Å²) in [5.41, 5.74) is 2.17. The highest BCUT2D eigenvalue weighted by Gasteiger charge is 2.19. The minimum absolute atomic E-state index is 0.363. The minimum Gasteiger partial charge on any atom is -0.385 e. The lowest BCUT2D eigenvalue weighted by atomic mass is 9.95. The molecule has 114 valence electrons. The highest BCUT2D eigenvalue weighted by Crippen LogP contribution is 2.25. The fourth-order valence-corrected chi connectivity index (χ4v) is 4.10. The number of allylic oxidation sites excluding steroid dienone is 2. The topological polar surface area (TPSA) is 58.2 Å². The van der Waals surface area contributed by atoms with Crippen LogP contribution in [0.4, 0.5) is 5.69 Å². The van der Waals surface area contributed by atoms with E-state index in [4.69, 9.17) is 0 Å². The zero-order valence-electron chi connectivity index (χ0n) is 12.1. The highest BCUT2D eigenvalue weighted by atomic mass is 32.2. The first-order valence-corrected chi connectivity index (χ1v) is 9.15. The van der Waals surface area contributed by atoms with Crippen LogP contribution in [-0.4, -0.2) is 21.5 Å². The van der Waals surface area contributed by atoms with Crippen molar-refractivity contribution >= 4 is 15.7 Å². The molecule has 0 aromatic heterocycles. The van der Waals surface area contributed by atoms with Gasteiger partial charge in [-0.15, -0.1) is 0 Å². The van der Waals surface area contributed by atoms with Gasteiger partial charge in [-0.2, -0.15) is 0 Å². The van der Waals surface area contributed by atoms with Gasteiger partial charge < -0.3 is 5.32 Å². The Kier molecular flexibility index (Phi) is 4.31. The van der Waals surface area contributed by atoms with E-state index >= 15 is 0 Å². The molecule has 5 heteroatoms. The molecule has 0 spiro atoms. The van der Waals surface area contributed by atoms with Gasteiger partial charge in [0.25, 0.3) is 0 Å². The Hall–Kier alpha value is -1.33. The summed E-state index contributed by atoms with van der Waals surface area (Å²) in [6, 6.07) is 5.41. The van der Waals surface area contributed by atoms with Crippen LogP contribution in [-0.2, 0) is 16.4 Å². The van der Waals surface area contributed by atoms with Crippen LogP contribution < -0.4 is 10.0 Å². The molecule has 1 aliphatic heterocycles. The quantitative estimate of drug-likeness (QED) is 0.841. The van der Waals surface area contributed by atoms with Crippen LogP contribution in [0.3, 0.4) is 0 Å². The standard InChI is InChI=1S/C16H22N2O2S/c19-21(20,18-12-13-5-2-1-3-6-13)15-9-8-14-7-4-10-17-16(14)11-15/h1-2,8-9,11,13,17-18H,3-7,10,12H2. The van der Waals surface area contributed by atoms with Gasteiger partial charge in [-0.25, -0.2) is 13.1 Å². The molecule has 0 bridgehead atoms. The fourth-order valence-electron chi connectivity index (χ4n) is 2.96. The molecule has 1 heterocycles. The molecular weight excluding hydrogens is 284 g/mol. The van der Waals surface area contributed by atoms with Crippen molar-refractivity contribution in [3.8, 4) is 0 Å². The number of sulfonamides is 1. The van der Waals surface area contributed by atoms with Gasteiger partial charge in [0.1, 0.15) is 0 Å². The van der Waals surface area contributed by atoms with E-state index in [-0.39, 0.29) is 0 Å². The van der Waals surface area contributed by atoms with E-state index in [2.05, 4.69) is 22.2 Å². The third-order valence-corrected chi connectivity index (χ3v) is 5.69. The molecule has 0 fully saturated rings. The molecule has 1 unspecified atom stereocenters. The van der Waals surface area contributed by atoms with Crippen molar-refractivity contribution in [1.82, 2.24) is 4.72 Å². The second-order valence-corrected chi connectivity index (χ2v) is 7.62. The molecule has 0 amide bonds. The lowest BCUT2D eigenvalue weighted by molar-refractivity contribution is 0.468. The van der Waals surface area contributed by atoms with Crippen molar-refractivity contribution in [2.24, 2.45) is 5.92 Å². The van der Waals surface area contributed by atoms with Gasteiger partial charge in [0, 0.05) is 18.8 Å².